The molecule has 0 spiro atoms. The van der Waals surface area contributed by atoms with Gasteiger partial charge < -0.3 is 5.32 Å². The van der Waals surface area contributed by atoms with Gasteiger partial charge in [0.2, 0.25) is 5.91 Å². The van der Waals surface area contributed by atoms with E-state index < -0.39 is 0 Å². The van der Waals surface area contributed by atoms with Crippen LogP contribution in [0.3, 0.4) is 0 Å². The van der Waals surface area contributed by atoms with Crippen molar-refractivity contribution in [2.24, 2.45) is 0 Å². The second-order valence-corrected chi connectivity index (χ2v) is 8.39. The number of nitrogens with one attached hydrogen (secondary N) is 1. The summed E-state index contributed by atoms with van der Waals surface area (Å²) in [7, 11) is 1.95. The molecule has 2 aromatic carbocycles. The van der Waals surface area contributed by atoms with Crippen molar-refractivity contribution in [1.29, 1.82) is 0 Å². The third kappa shape index (κ3) is 5.01. The number of likely N-dealkylation sites (N-methyl/N-ethyl adjacent to an activating group) is 1. The summed E-state index contributed by atoms with van der Waals surface area (Å²) in [5, 5.41) is 3.04. The summed E-state index contributed by atoms with van der Waals surface area (Å²) in [6.07, 6.45) is 0. The molecule has 0 saturated heterocycles. The first-order chi connectivity index (χ1) is 12.1. The zero-order valence-electron chi connectivity index (χ0n) is 13.9. The summed E-state index contributed by atoms with van der Waals surface area (Å²) in [5.41, 5.74) is 2.96. The molecule has 128 valence electrons. The molecule has 0 saturated carbocycles. The summed E-state index contributed by atoms with van der Waals surface area (Å²) >= 11 is 5.16. The molecule has 25 heavy (non-hydrogen) atoms. The van der Waals surface area contributed by atoms with Gasteiger partial charge in [-0.15, -0.1) is 11.3 Å². The molecular weight excluding hydrogens is 396 g/mol. The predicted octanol–water partition coefficient (Wildman–Crippen LogP) is 5.25. The topological polar surface area (TPSA) is 32.3 Å². The summed E-state index contributed by atoms with van der Waals surface area (Å²) in [4.78, 5) is 15.7. The first-order valence-corrected chi connectivity index (χ1v) is 9.60. The third-order valence-corrected chi connectivity index (χ3v) is 5.36. The van der Waals surface area contributed by atoms with Crippen LogP contribution in [0, 0.1) is 0 Å². The molecule has 1 heterocycles. The molecule has 5 heteroatoms. The van der Waals surface area contributed by atoms with Gasteiger partial charge in [0.15, 0.2) is 0 Å². The van der Waals surface area contributed by atoms with Crippen molar-refractivity contribution in [3.05, 3.63) is 75.4 Å². The Labute approximate surface area is 160 Å². The molecule has 1 aromatic heterocycles. The number of amides is 1. The second-order valence-electron chi connectivity index (χ2n) is 5.84. The highest BCUT2D eigenvalue weighted by Crippen LogP contribution is 2.27. The third-order valence-electron chi connectivity index (χ3n) is 3.75. The Morgan fingerprint density at radius 2 is 1.76 bits per heavy atom. The second kappa shape index (κ2) is 8.43. The Morgan fingerprint density at radius 1 is 1.04 bits per heavy atom. The van der Waals surface area contributed by atoms with Crippen LogP contribution < -0.4 is 5.32 Å². The van der Waals surface area contributed by atoms with Gasteiger partial charge in [0.25, 0.3) is 0 Å². The fraction of sp³-hybridized carbons (Fsp3) is 0.150. The van der Waals surface area contributed by atoms with E-state index in [1.807, 2.05) is 72.6 Å². The van der Waals surface area contributed by atoms with Crippen molar-refractivity contribution in [2.45, 2.75) is 6.54 Å². The van der Waals surface area contributed by atoms with Crippen LogP contribution in [-0.2, 0) is 11.3 Å². The number of hydrogen-bond donors (Lipinski definition) is 1. The van der Waals surface area contributed by atoms with E-state index in [2.05, 4.69) is 27.3 Å². The van der Waals surface area contributed by atoms with E-state index in [9.17, 15) is 4.79 Å². The van der Waals surface area contributed by atoms with Crippen LogP contribution in [0.15, 0.2) is 70.5 Å². The predicted molar refractivity (Wildman–Crippen MR) is 109 cm³/mol. The van der Waals surface area contributed by atoms with Crippen LogP contribution in [0.5, 0.6) is 0 Å². The van der Waals surface area contributed by atoms with Gasteiger partial charge in [-0.05, 0) is 46.7 Å². The van der Waals surface area contributed by atoms with Crippen LogP contribution >= 0.6 is 27.3 Å². The summed E-state index contributed by atoms with van der Waals surface area (Å²) in [6, 6.07) is 22.1. The van der Waals surface area contributed by atoms with Gasteiger partial charge in [-0.1, -0.05) is 48.5 Å². The number of hydrogen-bond acceptors (Lipinski definition) is 3. The standard InChI is InChI=1S/C20H19BrN2OS/c1-23(13-16-11-12-19(21)25-16)14-20(24)22-18-10-6-5-9-17(18)15-7-3-2-4-8-15/h2-12H,13-14H2,1H3,(H,22,24). The fourth-order valence-corrected chi connectivity index (χ4v) is 4.22. The smallest absolute Gasteiger partial charge is 0.238 e. The monoisotopic (exact) mass is 414 g/mol. The molecule has 0 radical (unpaired) electrons. The van der Waals surface area contributed by atoms with E-state index in [1.165, 1.54) is 4.88 Å². The number of anilines is 1. The maximum atomic E-state index is 12.4. The SMILES string of the molecule is CN(CC(=O)Nc1ccccc1-c1ccccc1)Cc1ccc(Br)s1. The van der Waals surface area contributed by atoms with Crippen molar-refractivity contribution >= 4 is 38.9 Å². The number of nitrogens with zero attached hydrogens (tertiary/aromatic N) is 1. The average molecular weight is 415 g/mol. The van der Waals surface area contributed by atoms with Crippen molar-refractivity contribution < 1.29 is 4.79 Å². The zero-order chi connectivity index (χ0) is 17.6. The Balaban J connectivity index is 1.65. The van der Waals surface area contributed by atoms with Gasteiger partial charge >= 0.3 is 0 Å². The van der Waals surface area contributed by atoms with E-state index in [1.54, 1.807) is 11.3 Å². The lowest BCUT2D eigenvalue weighted by Gasteiger charge is -2.16. The van der Waals surface area contributed by atoms with Gasteiger partial charge in [0.05, 0.1) is 10.3 Å². The maximum absolute atomic E-state index is 12.4. The van der Waals surface area contributed by atoms with E-state index in [-0.39, 0.29) is 5.91 Å². The summed E-state index contributed by atoms with van der Waals surface area (Å²) in [5.74, 6) is -0.0125. The van der Waals surface area contributed by atoms with E-state index in [0.717, 1.165) is 27.1 Å². The molecule has 3 nitrogen and oxygen atoms in total. The number of thiophene rings is 1. The molecule has 3 rings (SSSR count). The highest BCUT2D eigenvalue weighted by molar-refractivity contribution is 9.11. The van der Waals surface area contributed by atoms with Crippen molar-refractivity contribution in [1.82, 2.24) is 4.90 Å². The van der Waals surface area contributed by atoms with Crippen molar-refractivity contribution in [3.63, 3.8) is 0 Å². The van der Waals surface area contributed by atoms with Crippen LogP contribution in [-0.4, -0.2) is 24.4 Å². The van der Waals surface area contributed by atoms with Gasteiger partial charge in [-0.3, -0.25) is 9.69 Å². The molecule has 0 aliphatic carbocycles. The zero-order valence-corrected chi connectivity index (χ0v) is 16.3. The molecule has 0 fully saturated rings. The summed E-state index contributed by atoms with van der Waals surface area (Å²) < 4.78 is 1.11. The number of benzene rings is 2. The lowest BCUT2D eigenvalue weighted by atomic mass is 10.0. The molecule has 0 bridgehead atoms. The van der Waals surface area contributed by atoms with E-state index >= 15 is 0 Å². The maximum Gasteiger partial charge on any atom is 0.238 e. The van der Waals surface area contributed by atoms with Crippen LogP contribution in [0.2, 0.25) is 0 Å². The van der Waals surface area contributed by atoms with Gasteiger partial charge in [-0.2, -0.15) is 0 Å². The molecule has 1 amide bonds. The quantitative estimate of drug-likeness (QED) is 0.597. The number of carbonyl (C=O) groups is 1. The molecule has 3 aromatic rings. The molecule has 0 aliphatic rings. The van der Waals surface area contributed by atoms with E-state index in [4.69, 9.17) is 0 Å². The fourth-order valence-electron chi connectivity index (χ4n) is 2.66. The van der Waals surface area contributed by atoms with Gasteiger partial charge in [-0.25, -0.2) is 0 Å². The molecule has 0 unspecified atom stereocenters. The van der Waals surface area contributed by atoms with Gasteiger partial charge in [0, 0.05) is 22.7 Å². The molecule has 1 N–H and O–H groups in total. The Morgan fingerprint density at radius 3 is 2.48 bits per heavy atom. The number of carbonyl (C=O) groups excluding carboxylic acids is 1. The number of halogens is 1. The Bertz CT molecular complexity index is 848. The van der Waals surface area contributed by atoms with E-state index in [0.29, 0.717) is 6.54 Å². The first-order valence-electron chi connectivity index (χ1n) is 7.99. The van der Waals surface area contributed by atoms with Crippen molar-refractivity contribution in [2.75, 3.05) is 18.9 Å². The minimum atomic E-state index is -0.0125. The minimum Gasteiger partial charge on any atom is -0.324 e. The first kappa shape index (κ1) is 17.9. The lowest BCUT2D eigenvalue weighted by Crippen LogP contribution is -2.29. The minimum absolute atomic E-state index is 0.0125. The summed E-state index contributed by atoms with van der Waals surface area (Å²) in [6.45, 7) is 1.10. The number of rotatable bonds is 6. The molecule has 0 aliphatic heterocycles. The molecule has 0 atom stereocenters. The Hall–Kier alpha value is -1.95. The van der Waals surface area contributed by atoms with Crippen LogP contribution in [0.4, 0.5) is 5.69 Å². The Kier molecular flexibility index (Phi) is 6.02. The van der Waals surface area contributed by atoms with Crippen molar-refractivity contribution in [3.8, 4) is 11.1 Å². The average Bonchev–Trinajstić information content (AvgIpc) is 3.00. The molecular formula is C20H19BrN2OS. The lowest BCUT2D eigenvalue weighted by molar-refractivity contribution is -0.117. The highest BCUT2D eigenvalue weighted by Gasteiger charge is 2.11. The van der Waals surface area contributed by atoms with Crippen LogP contribution in [0.1, 0.15) is 4.88 Å². The number of para-hydroxylation sites is 1. The largest absolute Gasteiger partial charge is 0.324 e. The normalized spacial score (nSPS) is 10.8. The van der Waals surface area contributed by atoms with Gasteiger partial charge in [0.1, 0.15) is 0 Å². The highest BCUT2D eigenvalue weighted by atomic mass is 79.9. The van der Waals surface area contributed by atoms with Crippen LogP contribution in [0.25, 0.3) is 11.1 Å².